The summed E-state index contributed by atoms with van der Waals surface area (Å²) in [4.78, 5) is 3.22. The van der Waals surface area contributed by atoms with Gasteiger partial charge in [-0.2, -0.15) is 0 Å². The summed E-state index contributed by atoms with van der Waals surface area (Å²) >= 11 is 1.66. The largest absolute Gasteiger partial charge is 0.389 e. The number of benzene rings is 1. The van der Waals surface area contributed by atoms with Crippen molar-refractivity contribution in [2.24, 2.45) is 0 Å². The van der Waals surface area contributed by atoms with E-state index in [-0.39, 0.29) is 0 Å². The Morgan fingerprint density at radius 3 is 2.86 bits per heavy atom. The number of ether oxygens (including phenoxy) is 1. The molecule has 0 radical (unpaired) electrons. The van der Waals surface area contributed by atoms with Gasteiger partial charge in [0.2, 0.25) is 0 Å². The van der Waals surface area contributed by atoms with Crippen LogP contribution in [0.2, 0.25) is 0 Å². The van der Waals surface area contributed by atoms with E-state index in [2.05, 4.69) is 11.4 Å². The summed E-state index contributed by atoms with van der Waals surface area (Å²) in [6.07, 6.45) is -0.520. The Labute approximate surface area is 130 Å². The number of anilines is 2. The summed E-state index contributed by atoms with van der Waals surface area (Å²) in [5.74, 6) is 0. The number of thiophene rings is 1. The summed E-state index contributed by atoms with van der Waals surface area (Å²) in [5, 5.41) is 15.2. The van der Waals surface area contributed by atoms with E-state index in [1.54, 1.807) is 11.3 Å². The van der Waals surface area contributed by atoms with Gasteiger partial charge in [-0.25, -0.2) is 0 Å². The second kappa shape index (κ2) is 8.02. The third kappa shape index (κ3) is 5.38. The van der Waals surface area contributed by atoms with Crippen LogP contribution < -0.4 is 10.2 Å². The fraction of sp³-hybridized carbons (Fsp3) is 0.375. The second-order valence-electron chi connectivity index (χ2n) is 5.07. The third-order valence-corrected chi connectivity index (χ3v) is 3.89. The van der Waals surface area contributed by atoms with E-state index in [9.17, 15) is 5.11 Å². The molecule has 1 atom stereocenters. The lowest BCUT2D eigenvalue weighted by Crippen LogP contribution is -2.24. The highest BCUT2D eigenvalue weighted by atomic mass is 32.1. The summed E-state index contributed by atoms with van der Waals surface area (Å²) in [7, 11) is 4.01. The molecule has 0 fully saturated rings. The zero-order valence-corrected chi connectivity index (χ0v) is 13.3. The van der Waals surface area contributed by atoms with Crippen LogP contribution in [0.25, 0.3) is 0 Å². The summed E-state index contributed by atoms with van der Waals surface area (Å²) < 4.78 is 5.50. The maximum absolute atomic E-state index is 9.92. The molecule has 0 aliphatic carbocycles. The van der Waals surface area contributed by atoms with Gasteiger partial charge in [0.1, 0.15) is 0 Å². The Hall–Kier alpha value is -1.56. The SMILES string of the molecule is CN(C)c1cccc(NCC(O)COCc2cccs2)c1. The summed E-state index contributed by atoms with van der Waals surface area (Å²) in [5.41, 5.74) is 2.13. The molecule has 2 N–H and O–H groups in total. The normalized spacial score (nSPS) is 12.1. The maximum atomic E-state index is 9.92. The van der Waals surface area contributed by atoms with Gasteiger partial charge in [-0.15, -0.1) is 11.3 Å². The lowest BCUT2D eigenvalue weighted by atomic mass is 10.2. The number of aliphatic hydroxyl groups excluding tert-OH is 1. The summed E-state index contributed by atoms with van der Waals surface area (Å²) in [6, 6.07) is 12.1. The molecule has 21 heavy (non-hydrogen) atoms. The molecular weight excluding hydrogens is 284 g/mol. The molecule has 5 heteroatoms. The van der Waals surface area contributed by atoms with Crippen LogP contribution in [0.5, 0.6) is 0 Å². The molecule has 0 saturated heterocycles. The van der Waals surface area contributed by atoms with Crippen LogP contribution in [0, 0.1) is 0 Å². The molecule has 0 aliphatic rings. The van der Waals surface area contributed by atoms with Gasteiger partial charge in [-0.3, -0.25) is 0 Å². The van der Waals surface area contributed by atoms with Gasteiger partial charge in [0.25, 0.3) is 0 Å². The fourth-order valence-corrected chi connectivity index (χ4v) is 2.52. The first-order valence-corrected chi connectivity index (χ1v) is 7.82. The number of rotatable bonds is 8. The van der Waals surface area contributed by atoms with Crippen LogP contribution in [0.15, 0.2) is 41.8 Å². The Morgan fingerprint density at radius 2 is 2.14 bits per heavy atom. The van der Waals surface area contributed by atoms with E-state index in [1.807, 2.05) is 54.7 Å². The molecule has 1 unspecified atom stereocenters. The molecule has 1 aromatic carbocycles. The average molecular weight is 306 g/mol. The molecule has 114 valence electrons. The minimum Gasteiger partial charge on any atom is -0.389 e. The Balaban J connectivity index is 1.70. The van der Waals surface area contributed by atoms with Crippen LogP contribution in [0.4, 0.5) is 11.4 Å². The zero-order chi connectivity index (χ0) is 15.1. The number of nitrogens with one attached hydrogen (secondary N) is 1. The van der Waals surface area contributed by atoms with E-state index >= 15 is 0 Å². The van der Waals surface area contributed by atoms with Crippen LogP contribution in [0.1, 0.15) is 4.88 Å². The highest BCUT2D eigenvalue weighted by molar-refractivity contribution is 7.09. The fourth-order valence-electron chi connectivity index (χ4n) is 1.88. The standard InChI is InChI=1S/C16H22N2O2S/c1-18(2)14-6-3-5-13(9-14)17-10-15(19)11-20-12-16-7-4-8-21-16/h3-9,15,17,19H,10-12H2,1-2H3. The molecule has 0 spiro atoms. The van der Waals surface area contributed by atoms with Crippen molar-refractivity contribution in [3.63, 3.8) is 0 Å². The number of hydrogen-bond acceptors (Lipinski definition) is 5. The molecule has 0 saturated carbocycles. The van der Waals surface area contributed by atoms with Crippen molar-refractivity contribution in [2.75, 3.05) is 37.5 Å². The van der Waals surface area contributed by atoms with Gasteiger partial charge in [-0.1, -0.05) is 12.1 Å². The minimum absolute atomic E-state index is 0.332. The molecule has 2 aromatic rings. The zero-order valence-electron chi connectivity index (χ0n) is 12.5. The molecule has 4 nitrogen and oxygen atoms in total. The molecule has 1 aromatic heterocycles. The highest BCUT2D eigenvalue weighted by Gasteiger charge is 2.05. The topological polar surface area (TPSA) is 44.7 Å². The van der Waals surface area contributed by atoms with E-state index in [0.29, 0.717) is 19.8 Å². The summed E-state index contributed by atoms with van der Waals surface area (Å²) in [6.45, 7) is 1.37. The molecule has 2 rings (SSSR count). The first kappa shape index (κ1) is 15.8. The smallest absolute Gasteiger partial charge is 0.0945 e. The van der Waals surface area contributed by atoms with Crippen LogP contribution in [-0.2, 0) is 11.3 Å². The second-order valence-corrected chi connectivity index (χ2v) is 6.11. The van der Waals surface area contributed by atoms with Crippen molar-refractivity contribution in [1.82, 2.24) is 0 Å². The van der Waals surface area contributed by atoms with E-state index in [4.69, 9.17) is 4.74 Å². The predicted molar refractivity (Wildman–Crippen MR) is 89.2 cm³/mol. The van der Waals surface area contributed by atoms with Crippen molar-refractivity contribution in [3.05, 3.63) is 46.7 Å². The Bertz CT molecular complexity index is 529. The van der Waals surface area contributed by atoms with Gasteiger partial charge < -0.3 is 20.1 Å². The van der Waals surface area contributed by atoms with Crippen molar-refractivity contribution < 1.29 is 9.84 Å². The quantitative estimate of drug-likeness (QED) is 0.787. The van der Waals surface area contributed by atoms with Crippen molar-refractivity contribution >= 4 is 22.7 Å². The lowest BCUT2D eigenvalue weighted by Gasteiger charge is -2.16. The Morgan fingerprint density at radius 1 is 1.29 bits per heavy atom. The van der Waals surface area contributed by atoms with Gasteiger partial charge in [0, 0.05) is 36.9 Å². The van der Waals surface area contributed by atoms with Crippen LogP contribution in [-0.4, -0.2) is 38.5 Å². The van der Waals surface area contributed by atoms with Gasteiger partial charge in [-0.05, 0) is 29.6 Å². The first-order chi connectivity index (χ1) is 10.1. The lowest BCUT2D eigenvalue weighted by molar-refractivity contribution is 0.0359. The molecular formula is C16H22N2O2S. The average Bonchev–Trinajstić information content (AvgIpc) is 2.99. The first-order valence-electron chi connectivity index (χ1n) is 6.94. The van der Waals surface area contributed by atoms with Gasteiger partial charge >= 0.3 is 0 Å². The molecule has 1 heterocycles. The van der Waals surface area contributed by atoms with Gasteiger partial charge in [0.05, 0.1) is 19.3 Å². The molecule has 0 bridgehead atoms. The monoisotopic (exact) mass is 306 g/mol. The number of nitrogens with zero attached hydrogens (tertiary/aromatic N) is 1. The van der Waals surface area contributed by atoms with Crippen molar-refractivity contribution in [3.8, 4) is 0 Å². The third-order valence-electron chi connectivity index (χ3n) is 3.04. The molecule has 0 aliphatic heterocycles. The molecule has 0 amide bonds. The highest BCUT2D eigenvalue weighted by Crippen LogP contribution is 2.17. The van der Waals surface area contributed by atoms with Crippen LogP contribution in [0.3, 0.4) is 0 Å². The number of aliphatic hydroxyl groups is 1. The maximum Gasteiger partial charge on any atom is 0.0945 e. The van der Waals surface area contributed by atoms with E-state index in [1.165, 1.54) is 4.88 Å². The van der Waals surface area contributed by atoms with E-state index < -0.39 is 6.10 Å². The van der Waals surface area contributed by atoms with Crippen molar-refractivity contribution in [1.29, 1.82) is 0 Å². The number of hydrogen-bond donors (Lipinski definition) is 2. The van der Waals surface area contributed by atoms with Crippen LogP contribution >= 0.6 is 11.3 Å². The Kier molecular flexibility index (Phi) is 6.04. The predicted octanol–water partition coefficient (Wildman–Crippen LogP) is 2.80. The van der Waals surface area contributed by atoms with Crippen molar-refractivity contribution in [2.45, 2.75) is 12.7 Å². The van der Waals surface area contributed by atoms with E-state index in [0.717, 1.165) is 11.4 Å². The minimum atomic E-state index is -0.520. The van der Waals surface area contributed by atoms with Gasteiger partial charge in [0.15, 0.2) is 0 Å².